The lowest BCUT2D eigenvalue weighted by atomic mass is 10.1. The smallest absolute Gasteiger partial charge is 0.310 e. The fraction of sp³-hybridized carbons (Fsp3) is 0.400. The van der Waals surface area contributed by atoms with Gasteiger partial charge in [0, 0.05) is 32.7 Å². The highest BCUT2D eigenvalue weighted by atomic mass is 32.1. The summed E-state index contributed by atoms with van der Waals surface area (Å²) in [6.07, 6.45) is 1.63. The van der Waals surface area contributed by atoms with Crippen molar-refractivity contribution in [2.75, 3.05) is 38.0 Å². The third kappa shape index (κ3) is 3.00. The van der Waals surface area contributed by atoms with Crippen molar-refractivity contribution in [1.82, 2.24) is 9.80 Å². The topological polar surface area (TPSA) is 68.2 Å². The first kappa shape index (κ1) is 16.8. The number of rotatable bonds is 3. The zero-order chi connectivity index (χ0) is 18.4. The molecule has 2 aliphatic heterocycles. The molecule has 1 saturated heterocycles. The number of carboxylic acids is 1. The van der Waals surface area contributed by atoms with Crippen LogP contribution in [0, 0.1) is 5.41 Å². The molecular formula is C20H22N4O2S. The Bertz CT molecular complexity index is 910. The van der Waals surface area contributed by atoms with Crippen LogP contribution in [0.5, 0.6) is 0 Å². The highest BCUT2D eigenvalue weighted by molar-refractivity contribution is 7.14. The molecule has 140 valence electrons. The highest BCUT2D eigenvalue weighted by Crippen LogP contribution is 2.46. The highest BCUT2D eigenvalue weighted by Gasteiger charge is 2.51. The molecule has 2 N–H and O–H groups in total. The summed E-state index contributed by atoms with van der Waals surface area (Å²) in [6, 6.07) is 10.3. The van der Waals surface area contributed by atoms with Crippen LogP contribution in [0.3, 0.4) is 0 Å². The van der Waals surface area contributed by atoms with E-state index in [1.807, 2.05) is 18.2 Å². The Morgan fingerprint density at radius 1 is 1.19 bits per heavy atom. The number of aliphatic carboxylic acids is 1. The number of nitrogens with zero attached hydrogens (tertiary/aromatic N) is 3. The van der Waals surface area contributed by atoms with Crippen LogP contribution in [0.4, 0.5) is 16.4 Å². The van der Waals surface area contributed by atoms with Gasteiger partial charge in [-0.05, 0) is 36.4 Å². The number of nitrogens with one attached hydrogen (secondary N) is 1. The average molecular weight is 382 g/mol. The van der Waals surface area contributed by atoms with Gasteiger partial charge >= 0.3 is 5.97 Å². The van der Waals surface area contributed by atoms with E-state index in [1.54, 1.807) is 11.3 Å². The van der Waals surface area contributed by atoms with E-state index in [9.17, 15) is 9.90 Å². The number of aliphatic imine (C=N–C) groups is 1. The summed E-state index contributed by atoms with van der Waals surface area (Å²) in [7, 11) is 0. The minimum absolute atomic E-state index is 0.481. The largest absolute Gasteiger partial charge is 0.481 e. The summed E-state index contributed by atoms with van der Waals surface area (Å²) < 4.78 is 0. The molecule has 0 unspecified atom stereocenters. The molecular weight excluding hydrogens is 360 g/mol. The van der Waals surface area contributed by atoms with Crippen LogP contribution >= 0.6 is 11.3 Å². The fourth-order valence-corrected chi connectivity index (χ4v) is 4.73. The molecule has 0 amide bonds. The molecule has 0 radical (unpaired) electrons. The number of thiophene rings is 1. The minimum atomic E-state index is -0.635. The Labute approximate surface area is 162 Å². The summed E-state index contributed by atoms with van der Waals surface area (Å²) >= 11 is 1.70. The van der Waals surface area contributed by atoms with E-state index in [2.05, 4.69) is 32.6 Å². The third-order valence-corrected chi connectivity index (χ3v) is 6.62. The summed E-state index contributed by atoms with van der Waals surface area (Å²) in [5.74, 6) is 0.381. The number of anilines is 2. The minimum Gasteiger partial charge on any atom is -0.481 e. The lowest BCUT2D eigenvalue weighted by Crippen LogP contribution is -2.50. The van der Waals surface area contributed by atoms with Crippen LogP contribution in [0.25, 0.3) is 0 Å². The molecule has 27 heavy (non-hydrogen) atoms. The van der Waals surface area contributed by atoms with Crippen LogP contribution in [0.15, 0.2) is 40.7 Å². The Kier molecular flexibility index (Phi) is 3.94. The molecule has 1 saturated carbocycles. The van der Waals surface area contributed by atoms with Crippen LogP contribution < -0.4 is 5.32 Å². The van der Waals surface area contributed by atoms with Crippen molar-refractivity contribution in [2.45, 2.75) is 12.8 Å². The van der Waals surface area contributed by atoms with Crippen molar-refractivity contribution in [1.29, 1.82) is 0 Å². The van der Waals surface area contributed by atoms with Gasteiger partial charge in [0.25, 0.3) is 0 Å². The Hall–Kier alpha value is -2.38. The van der Waals surface area contributed by atoms with Crippen LogP contribution in [-0.2, 0) is 4.79 Å². The molecule has 3 heterocycles. The molecule has 2 fully saturated rings. The van der Waals surface area contributed by atoms with Crippen molar-refractivity contribution in [3.05, 3.63) is 41.3 Å². The number of carboxylic acid groups (broad SMARTS) is 1. The number of para-hydroxylation sites is 2. The first-order chi connectivity index (χ1) is 13.1. The molecule has 1 aliphatic carbocycles. The molecule has 2 aromatic rings. The lowest BCUT2D eigenvalue weighted by molar-refractivity contribution is -0.144. The van der Waals surface area contributed by atoms with E-state index in [-0.39, 0.29) is 0 Å². The number of hydrogen-bond donors (Lipinski definition) is 2. The molecule has 7 heteroatoms. The number of hydrogen-bond acceptors (Lipinski definition) is 6. The van der Waals surface area contributed by atoms with E-state index in [0.717, 1.165) is 66.8 Å². The first-order valence-electron chi connectivity index (χ1n) is 9.38. The Balaban J connectivity index is 1.36. The maximum absolute atomic E-state index is 11.5. The molecule has 0 spiro atoms. The van der Waals surface area contributed by atoms with E-state index < -0.39 is 11.4 Å². The van der Waals surface area contributed by atoms with Gasteiger partial charge in [0.05, 0.1) is 22.4 Å². The van der Waals surface area contributed by atoms with E-state index in [1.165, 1.54) is 0 Å². The molecule has 0 atom stereocenters. The third-order valence-electron chi connectivity index (χ3n) is 5.79. The van der Waals surface area contributed by atoms with E-state index in [4.69, 9.17) is 4.99 Å². The van der Waals surface area contributed by atoms with Gasteiger partial charge in [0.15, 0.2) is 0 Å². The van der Waals surface area contributed by atoms with Crippen LogP contribution in [0.1, 0.15) is 18.4 Å². The van der Waals surface area contributed by atoms with Gasteiger partial charge in [-0.25, -0.2) is 4.99 Å². The van der Waals surface area contributed by atoms with E-state index >= 15 is 0 Å². The average Bonchev–Trinajstić information content (AvgIpc) is 3.36. The van der Waals surface area contributed by atoms with Gasteiger partial charge in [0.2, 0.25) is 0 Å². The number of benzene rings is 1. The van der Waals surface area contributed by atoms with Crippen molar-refractivity contribution in [3.8, 4) is 0 Å². The molecule has 0 bridgehead atoms. The first-order valence-corrected chi connectivity index (χ1v) is 10.3. The Morgan fingerprint density at radius 3 is 2.70 bits per heavy atom. The molecule has 1 aromatic carbocycles. The normalized spacial score (nSPS) is 20.7. The predicted molar refractivity (Wildman–Crippen MR) is 108 cm³/mol. The number of piperazine rings is 1. The number of fused-ring (bicyclic) bond motifs is 2. The zero-order valence-electron chi connectivity index (χ0n) is 15.0. The van der Waals surface area contributed by atoms with E-state index in [0.29, 0.717) is 6.54 Å². The quantitative estimate of drug-likeness (QED) is 0.852. The molecule has 5 rings (SSSR count). The van der Waals surface area contributed by atoms with Gasteiger partial charge in [-0.2, -0.15) is 0 Å². The van der Waals surface area contributed by atoms with Gasteiger partial charge in [0.1, 0.15) is 10.8 Å². The van der Waals surface area contributed by atoms with Gasteiger partial charge in [-0.15, -0.1) is 11.3 Å². The van der Waals surface area contributed by atoms with Crippen molar-refractivity contribution < 1.29 is 9.90 Å². The van der Waals surface area contributed by atoms with Crippen molar-refractivity contribution >= 4 is 39.5 Å². The van der Waals surface area contributed by atoms with Crippen LogP contribution in [0.2, 0.25) is 0 Å². The molecule has 6 nitrogen and oxygen atoms in total. The number of amidine groups is 1. The standard InChI is InChI=1S/C20H22N4O2S/c25-19(26)20(6-7-20)13-23-8-10-24(11-9-23)17-14-5-12-27-18(14)22-16-4-2-1-3-15(16)21-17/h1-5,12,22H,6-11,13H2,(H,25,26). The SMILES string of the molecule is O=C(O)C1(CN2CCN(C3=Nc4ccccc4Nc4sccc43)CC2)CC1. The van der Waals surface area contributed by atoms with Crippen molar-refractivity contribution in [2.24, 2.45) is 10.4 Å². The summed E-state index contributed by atoms with van der Waals surface area (Å²) in [6.45, 7) is 4.17. The second-order valence-electron chi connectivity index (χ2n) is 7.59. The summed E-state index contributed by atoms with van der Waals surface area (Å²) in [5.41, 5.74) is 2.66. The van der Waals surface area contributed by atoms with Gasteiger partial charge in [-0.1, -0.05) is 12.1 Å². The number of carbonyl (C=O) groups is 1. The van der Waals surface area contributed by atoms with Crippen molar-refractivity contribution in [3.63, 3.8) is 0 Å². The summed E-state index contributed by atoms with van der Waals surface area (Å²) in [4.78, 5) is 21.1. The monoisotopic (exact) mass is 382 g/mol. The van der Waals surface area contributed by atoms with Gasteiger partial charge in [-0.3, -0.25) is 9.69 Å². The maximum atomic E-state index is 11.5. The molecule has 3 aliphatic rings. The maximum Gasteiger partial charge on any atom is 0.310 e. The Morgan fingerprint density at radius 2 is 1.96 bits per heavy atom. The van der Waals surface area contributed by atoms with Crippen LogP contribution in [-0.4, -0.2) is 59.4 Å². The second kappa shape index (κ2) is 6.35. The molecule has 1 aromatic heterocycles. The zero-order valence-corrected chi connectivity index (χ0v) is 15.8. The lowest BCUT2D eigenvalue weighted by Gasteiger charge is -2.37. The predicted octanol–water partition coefficient (Wildman–Crippen LogP) is 3.37. The van der Waals surface area contributed by atoms with Gasteiger partial charge < -0.3 is 15.3 Å². The fourth-order valence-electron chi connectivity index (χ4n) is 3.93. The summed E-state index contributed by atoms with van der Waals surface area (Å²) in [5, 5.41) is 16.2. The second-order valence-corrected chi connectivity index (χ2v) is 8.51.